The summed E-state index contributed by atoms with van der Waals surface area (Å²) in [4.78, 5) is 23.6. The van der Waals surface area contributed by atoms with E-state index in [0.29, 0.717) is 29.5 Å². The van der Waals surface area contributed by atoms with E-state index >= 15 is 0 Å². The molecule has 0 bridgehead atoms. The molecule has 1 aromatic carbocycles. The minimum absolute atomic E-state index is 0.132. The van der Waals surface area contributed by atoms with Gasteiger partial charge >= 0.3 is 6.03 Å². The zero-order valence-corrected chi connectivity index (χ0v) is 12.4. The van der Waals surface area contributed by atoms with Gasteiger partial charge in [0, 0.05) is 17.8 Å². The highest BCUT2D eigenvalue weighted by Crippen LogP contribution is 2.10. The summed E-state index contributed by atoms with van der Waals surface area (Å²) in [5.74, 6) is 0.583. The van der Waals surface area contributed by atoms with Crippen molar-refractivity contribution in [1.29, 1.82) is 0 Å². The number of benzene rings is 1. The average molecular weight is 302 g/mol. The zero-order chi connectivity index (χ0) is 15.9. The zero-order valence-electron chi connectivity index (χ0n) is 12.4. The van der Waals surface area contributed by atoms with Gasteiger partial charge in [-0.15, -0.1) is 5.10 Å². The second kappa shape index (κ2) is 7.21. The lowest BCUT2D eigenvalue weighted by Crippen LogP contribution is -2.27. The Kier molecular flexibility index (Phi) is 5.07. The van der Waals surface area contributed by atoms with Gasteiger partial charge in [-0.25, -0.2) is 4.79 Å². The van der Waals surface area contributed by atoms with E-state index < -0.39 is 6.03 Å². The molecule has 0 spiro atoms. The molecule has 4 N–H and O–H groups in total. The molecule has 2 rings (SSSR count). The van der Waals surface area contributed by atoms with E-state index in [-0.39, 0.29) is 5.91 Å². The molecular formula is C14H18N6O2. The second-order valence-corrected chi connectivity index (χ2v) is 5.12. The molecule has 0 radical (unpaired) electrons. The Labute approximate surface area is 127 Å². The third kappa shape index (κ3) is 4.58. The van der Waals surface area contributed by atoms with E-state index in [9.17, 15) is 9.59 Å². The van der Waals surface area contributed by atoms with Crippen LogP contribution in [0, 0.1) is 5.92 Å². The van der Waals surface area contributed by atoms with Crippen molar-refractivity contribution in [2.75, 3.05) is 17.2 Å². The molecule has 8 nitrogen and oxygen atoms in total. The van der Waals surface area contributed by atoms with Crippen molar-refractivity contribution in [3.05, 3.63) is 36.0 Å². The summed E-state index contributed by atoms with van der Waals surface area (Å²) in [7, 11) is 0. The number of rotatable bonds is 5. The van der Waals surface area contributed by atoms with Crippen molar-refractivity contribution in [3.63, 3.8) is 0 Å². The lowest BCUT2D eigenvalue weighted by molar-refractivity contribution is 0.0949. The van der Waals surface area contributed by atoms with Gasteiger partial charge in [0.2, 0.25) is 0 Å². The number of aromatic amines is 1. The van der Waals surface area contributed by atoms with Crippen molar-refractivity contribution >= 4 is 23.4 Å². The second-order valence-electron chi connectivity index (χ2n) is 5.12. The molecule has 0 aliphatic heterocycles. The Morgan fingerprint density at radius 2 is 1.91 bits per heavy atom. The van der Waals surface area contributed by atoms with Crippen molar-refractivity contribution in [1.82, 2.24) is 20.7 Å². The minimum Gasteiger partial charge on any atom is -0.352 e. The van der Waals surface area contributed by atoms with Gasteiger partial charge in [-0.2, -0.15) is 10.3 Å². The summed E-state index contributed by atoms with van der Waals surface area (Å²) in [6.45, 7) is 4.68. The Hall–Kier alpha value is -2.90. The van der Waals surface area contributed by atoms with Crippen molar-refractivity contribution in [3.8, 4) is 0 Å². The molecule has 22 heavy (non-hydrogen) atoms. The molecule has 116 valence electrons. The van der Waals surface area contributed by atoms with Crippen LogP contribution < -0.4 is 16.0 Å². The van der Waals surface area contributed by atoms with Crippen LogP contribution in [-0.4, -0.2) is 33.9 Å². The number of carbonyl (C=O) groups is 2. The third-order valence-electron chi connectivity index (χ3n) is 2.73. The molecule has 1 aromatic heterocycles. The predicted octanol–water partition coefficient (Wildman–Crippen LogP) is 1.83. The van der Waals surface area contributed by atoms with Crippen LogP contribution in [0.15, 0.2) is 30.5 Å². The SMILES string of the molecule is CC(C)CNC(=O)c1ccc(NC(=O)Nc2cn[nH]n2)cc1. The maximum atomic E-state index is 11.9. The summed E-state index contributed by atoms with van der Waals surface area (Å²) < 4.78 is 0. The van der Waals surface area contributed by atoms with Gasteiger partial charge in [0.25, 0.3) is 5.91 Å². The Morgan fingerprint density at radius 3 is 2.50 bits per heavy atom. The third-order valence-corrected chi connectivity index (χ3v) is 2.73. The molecule has 0 fully saturated rings. The number of hydrogen-bond donors (Lipinski definition) is 4. The Morgan fingerprint density at radius 1 is 1.18 bits per heavy atom. The van der Waals surface area contributed by atoms with Crippen LogP contribution >= 0.6 is 0 Å². The van der Waals surface area contributed by atoms with Crippen LogP contribution in [0.1, 0.15) is 24.2 Å². The monoisotopic (exact) mass is 302 g/mol. The number of nitrogens with zero attached hydrogens (tertiary/aromatic N) is 2. The van der Waals surface area contributed by atoms with Crippen molar-refractivity contribution in [2.24, 2.45) is 5.92 Å². The highest BCUT2D eigenvalue weighted by atomic mass is 16.2. The summed E-state index contributed by atoms with van der Waals surface area (Å²) >= 11 is 0. The van der Waals surface area contributed by atoms with E-state index in [0.717, 1.165) is 0 Å². The van der Waals surface area contributed by atoms with Gasteiger partial charge in [-0.1, -0.05) is 13.8 Å². The first-order chi connectivity index (χ1) is 10.5. The van der Waals surface area contributed by atoms with Crippen molar-refractivity contribution in [2.45, 2.75) is 13.8 Å². The van der Waals surface area contributed by atoms with Crippen LogP contribution in [0.5, 0.6) is 0 Å². The van der Waals surface area contributed by atoms with E-state index in [1.54, 1.807) is 24.3 Å². The fourth-order valence-electron chi connectivity index (χ4n) is 1.64. The molecule has 2 aromatic rings. The normalized spacial score (nSPS) is 10.3. The fraction of sp³-hybridized carbons (Fsp3) is 0.286. The molecule has 0 atom stereocenters. The molecule has 0 aliphatic carbocycles. The summed E-state index contributed by atoms with van der Waals surface area (Å²) in [5.41, 5.74) is 1.12. The minimum atomic E-state index is -0.439. The number of H-pyrrole nitrogens is 1. The molecular weight excluding hydrogens is 284 g/mol. The lowest BCUT2D eigenvalue weighted by atomic mass is 10.1. The summed E-state index contributed by atoms with van der Waals surface area (Å²) in [6.07, 6.45) is 1.39. The van der Waals surface area contributed by atoms with E-state index in [1.165, 1.54) is 6.20 Å². The maximum Gasteiger partial charge on any atom is 0.324 e. The topological polar surface area (TPSA) is 112 Å². The Bertz CT molecular complexity index is 621. The highest BCUT2D eigenvalue weighted by molar-refractivity contribution is 5.99. The maximum absolute atomic E-state index is 11.9. The molecule has 1 heterocycles. The van der Waals surface area contributed by atoms with Gasteiger partial charge < -0.3 is 10.6 Å². The standard InChI is InChI=1S/C14H18N6O2/c1-9(2)7-15-13(21)10-3-5-11(6-4-10)17-14(22)18-12-8-16-20-19-12/h3-6,8-9H,7H2,1-2H3,(H,15,21)(H3,16,17,18,19,20,22). The number of amides is 3. The molecule has 0 unspecified atom stereocenters. The van der Waals surface area contributed by atoms with E-state index in [2.05, 4.69) is 31.4 Å². The van der Waals surface area contributed by atoms with Gasteiger partial charge in [0.1, 0.15) is 0 Å². The molecule has 3 amide bonds. The van der Waals surface area contributed by atoms with Gasteiger partial charge in [-0.05, 0) is 30.2 Å². The van der Waals surface area contributed by atoms with Crippen LogP contribution in [0.2, 0.25) is 0 Å². The molecule has 0 saturated carbocycles. The number of nitrogens with one attached hydrogen (secondary N) is 4. The first-order valence-corrected chi connectivity index (χ1v) is 6.86. The van der Waals surface area contributed by atoms with Crippen LogP contribution in [0.3, 0.4) is 0 Å². The number of hydrogen-bond acceptors (Lipinski definition) is 4. The number of aromatic nitrogens is 3. The number of urea groups is 1. The van der Waals surface area contributed by atoms with Crippen molar-refractivity contribution < 1.29 is 9.59 Å². The highest BCUT2D eigenvalue weighted by Gasteiger charge is 2.07. The molecule has 0 aliphatic rings. The largest absolute Gasteiger partial charge is 0.352 e. The lowest BCUT2D eigenvalue weighted by Gasteiger charge is -2.09. The summed E-state index contributed by atoms with van der Waals surface area (Å²) in [6, 6.07) is 6.19. The summed E-state index contributed by atoms with van der Waals surface area (Å²) in [5, 5.41) is 17.7. The Balaban J connectivity index is 1.88. The number of anilines is 2. The van der Waals surface area contributed by atoms with Crippen LogP contribution in [-0.2, 0) is 0 Å². The average Bonchev–Trinajstić information content (AvgIpc) is 2.98. The van der Waals surface area contributed by atoms with Gasteiger partial charge in [0.05, 0.1) is 6.20 Å². The van der Waals surface area contributed by atoms with E-state index in [1.807, 2.05) is 13.8 Å². The van der Waals surface area contributed by atoms with Crippen LogP contribution in [0.25, 0.3) is 0 Å². The molecule has 0 saturated heterocycles. The smallest absolute Gasteiger partial charge is 0.324 e. The number of carbonyl (C=O) groups excluding carboxylic acids is 2. The predicted molar refractivity (Wildman–Crippen MR) is 82.6 cm³/mol. The first kappa shape index (κ1) is 15.5. The molecule has 8 heteroatoms. The fourth-order valence-corrected chi connectivity index (χ4v) is 1.64. The first-order valence-electron chi connectivity index (χ1n) is 6.86. The van der Waals surface area contributed by atoms with Gasteiger partial charge in [-0.3, -0.25) is 10.1 Å². The quantitative estimate of drug-likeness (QED) is 0.675. The van der Waals surface area contributed by atoms with E-state index in [4.69, 9.17) is 0 Å². The van der Waals surface area contributed by atoms with Gasteiger partial charge in [0.15, 0.2) is 5.82 Å². The van der Waals surface area contributed by atoms with Crippen LogP contribution in [0.4, 0.5) is 16.3 Å².